The van der Waals surface area contributed by atoms with Crippen LogP contribution in [0, 0.1) is 0 Å². The number of hydrogen-bond donors (Lipinski definition) is 1. The van der Waals surface area contributed by atoms with E-state index in [0.717, 1.165) is 27.7 Å². The highest BCUT2D eigenvalue weighted by Crippen LogP contribution is 2.34. The average molecular weight is 480 g/mol. The van der Waals surface area contributed by atoms with Gasteiger partial charge in [-0.05, 0) is 42.0 Å². The SMILES string of the molecule is COc1ccc(NC(=O)CSC2=Nc3ccccc3N=C(c3ccc(Cl)cc3)C2)c(OC)c1. The van der Waals surface area contributed by atoms with Gasteiger partial charge in [-0.2, -0.15) is 0 Å². The van der Waals surface area contributed by atoms with Crippen LogP contribution >= 0.6 is 23.4 Å². The number of anilines is 1. The molecule has 0 fully saturated rings. The monoisotopic (exact) mass is 479 g/mol. The van der Waals surface area contributed by atoms with Crippen molar-refractivity contribution in [1.82, 2.24) is 0 Å². The second-order valence-electron chi connectivity index (χ2n) is 7.14. The van der Waals surface area contributed by atoms with Crippen LogP contribution in [0.3, 0.4) is 0 Å². The molecule has 33 heavy (non-hydrogen) atoms. The number of thioether (sulfide) groups is 1. The molecule has 0 unspecified atom stereocenters. The summed E-state index contributed by atoms with van der Waals surface area (Å²) in [4.78, 5) is 22.3. The lowest BCUT2D eigenvalue weighted by Gasteiger charge is -2.12. The van der Waals surface area contributed by atoms with Crippen LogP contribution < -0.4 is 14.8 Å². The highest BCUT2D eigenvalue weighted by Gasteiger charge is 2.17. The standard InChI is InChI=1S/C25H22ClN3O3S/c1-31-18-11-12-21(23(13-18)32-2)28-24(30)15-33-25-14-22(16-7-9-17(26)10-8-16)27-19-5-3-4-6-20(19)29-25/h3-13H,14-15H2,1-2H3,(H,28,30). The second-order valence-corrected chi connectivity index (χ2v) is 8.62. The van der Waals surface area contributed by atoms with Crippen molar-refractivity contribution >= 4 is 57.1 Å². The van der Waals surface area contributed by atoms with Crippen molar-refractivity contribution in [2.45, 2.75) is 6.42 Å². The number of benzene rings is 3. The molecule has 0 saturated carbocycles. The van der Waals surface area contributed by atoms with E-state index in [1.807, 2.05) is 48.5 Å². The second kappa shape index (κ2) is 10.6. The van der Waals surface area contributed by atoms with Crippen LogP contribution in [0.25, 0.3) is 0 Å². The highest BCUT2D eigenvalue weighted by atomic mass is 35.5. The Labute approximate surface area is 201 Å². The normalized spacial score (nSPS) is 12.7. The molecular weight excluding hydrogens is 458 g/mol. The number of fused-ring (bicyclic) bond motifs is 1. The zero-order valence-electron chi connectivity index (χ0n) is 18.2. The van der Waals surface area contributed by atoms with Crippen molar-refractivity contribution in [3.05, 3.63) is 77.3 Å². The molecule has 3 aromatic carbocycles. The van der Waals surface area contributed by atoms with E-state index in [-0.39, 0.29) is 11.7 Å². The number of carbonyl (C=O) groups excluding carboxylic acids is 1. The van der Waals surface area contributed by atoms with E-state index >= 15 is 0 Å². The Kier molecular flexibility index (Phi) is 7.32. The van der Waals surface area contributed by atoms with Crippen molar-refractivity contribution in [2.24, 2.45) is 9.98 Å². The van der Waals surface area contributed by atoms with Gasteiger partial charge in [0.05, 0.1) is 47.8 Å². The number of nitrogens with zero attached hydrogens (tertiary/aromatic N) is 2. The lowest BCUT2D eigenvalue weighted by atomic mass is 10.1. The van der Waals surface area contributed by atoms with Gasteiger partial charge in [0.25, 0.3) is 0 Å². The van der Waals surface area contributed by atoms with E-state index in [1.165, 1.54) is 11.8 Å². The van der Waals surface area contributed by atoms with Gasteiger partial charge in [0, 0.05) is 17.5 Å². The molecule has 0 bridgehead atoms. The first-order valence-corrected chi connectivity index (χ1v) is 11.6. The largest absolute Gasteiger partial charge is 0.497 e. The lowest BCUT2D eigenvalue weighted by molar-refractivity contribution is -0.113. The molecule has 3 aromatic rings. The predicted molar refractivity (Wildman–Crippen MR) is 136 cm³/mol. The van der Waals surface area contributed by atoms with E-state index in [0.29, 0.717) is 28.6 Å². The molecule has 1 aliphatic rings. The molecule has 0 saturated heterocycles. The average Bonchev–Trinajstić information content (AvgIpc) is 3.02. The zero-order valence-corrected chi connectivity index (χ0v) is 19.7. The molecular formula is C25H22ClN3O3S. The number of halogens is 1. The number of para-hydroxylation sites is 2. The van der Waals surface area contributed by atoms with Gasteiger partial charge < -0.3 is 14.8 Å². The third-order valence-electron chi connectivity index (χ3n) is 4.93. The van der Waals surface area contributed by atoms with Crippen LogP contribution in [-0.4, -0.2) is 36.6 Å². The Morgan fingerprint density at radius 3 is 2.42 bits per heavy atom. The number of methoxy groups -OCH3 is 2. The lowest BCUT2D eigenvalue weighted by Crippen LogP contribution is -2.16. The summed E-state index contributed by atoms with van der Waals surface area (Å²) in [7, 11) is 3.13. The van der Waals surface area contributed by atoms with Gasteiger partial charge in [-0.3, -0.25) is 9.79 Å². The molecule has 1 N–H and O–H groups in total. The van der Waals surface area contributed by atoms with Gasteiger partial charge in [0.2, 0.25) is 5.91 Å². The van der Waals surface area contributed by atoms with Gasteiger partial charge in [-0.15, -0.1) is 11.8 Å². The van der Waals surface area contributed by atoms with E-state index < -0.39 is 0 Å². The van der Waals surface area contributed by atoms with E-state index in [2.05, 4.69) is 5.32 Å². The fourth-order valence-corrected chi connectivity index (χ4v) is 4.18. The van der Waals surface area contributed by atoms with E-state index in [1.54, 1.807) is 32.4 Å². The van der Waals surface area contributed by atoms with E-state index in [4.69, 9.17) is 31.1 Å². The minimum absolute atomic E-state index is 0.159. The maximum Gasteiger partial charge on any atom is 0.234 e. The van der Waals surface area contributed by atoms with Crippen LogP contribution in [0.4, 0.5) is 17.1 Å². The molecule has 4 rings (SSSR count). The summed E-state index contributed by atoms with van der Waals surface area (Å²) in [6.45, 7) is 0. The first kappa shape index (κ1) is 22.9. The van der Waals surface area contributed by atoms with E-state index in [9.17, 15) is 4.79 Å². The fraction of sp³-hybridized carbons (Fsp3) is 0.160. The quantitative estimate of drug-likeness (QED) is 0.451. The minimum Gasteiger partial charge on any atom is -0.497 e. The zero-order chi connectivity index (χ0) is 23.2. The number of ether oxygens (including phenoxy) is 2. The number of nitrogens with one attached hydrogen (secondary N) is 1. The van der Waals surface area contributed by atoms with Gasteiger partial charge in [-0.25, -0.2) is 4.99 Å². The summed E-state index contributed by atoms with van der Waals surface area (Å²) in [5.74, 6) is 1.23. The summed E-state index contributed by atoms with van der Waals surface area (Å²) in [6.07, 6.45) is 0.514. The molecule has 168 valence electrons. The number of hydrogen-bond acceptors (Lipinski definition) is 6. The Balaban J connectivity index is 1.50. The molecule has 8 heteroatoms. The molecule has 1 aliphatic heterocycles. The summed E-state index contributed by atoms with van der Waals surface area (Å²) in [5.41, 5.74) is 4.00. The molecule has 0 atom stereocenters. The number of aliphatic imine (C=N–C) groups is 2. The van der Waals surface area contributed by atoms with Crippen molar-refractivity contribution in [1.29, 1.82) is 0 Å². The van der Waals surface area contributed by atoms with Crippen LogP contribution in [0.15, 0.2) is 76.7 Å². The van der Waals surface area contributed by atoms with Crippen molar-refractivity contribution in [3.63, 3.8) is 0 Å². The van der Waals surface area contributed by atoms with Crippen LogP contribution in [0.2, 0.25) is 5.02 Å². The first-order valence-electron chi connectivity index (χ1n) is 10.2. The smallest absolute Gasteiger partial charge is 0.234 e. The van der Waals surface area contributed by atoms with Gasteiger partial charge >= 0.3 is 0 Å². The molecule has 0 aromatic heterocycles. The topological polar surface area (TPSA) is 72.3 Å². The molecule has 0 aliphatic carbocycles. The van der Waals surface area contributed by atoms with Crippen LogP contribution in [-0.2, 0) is 4.79 Å². The summed E-state index contributed by atoms with van der Waals surface area (Å²) < 4.78 is 10.6. The van der Waals surface area contributed by atoms with Crippen LogP contribution in [0.1, 0.15) is 12.0 Å². The van der Waals surface area contributed by atoms with Gasteiger partial charge in [0.15, 0.2) is 0 Å². The Bertz CT molecular complexity index is 1230. The molecule has 1 amide bonds. The fourth-order valence-electron chi connectivity index (χ4n) is 3.28. The molecule has 0 radical (unpaired) electrons. The highest BCUT2D eigenvalue weighted by molar-refractivity contribution is 8.14. The third-order valence-corrected chi connectivity index (χ3v) is 6.16. The van der Waals surface area contributed by atoms with Crippen molar-refractivity contribution in [3.8, 4) is 11.5 Å². The summed E-state index contributed by atoms with van der Waals surface area (Å²) in [5, 5.41) is 4.38. The van der Waals surface area contributed by atoms with Crippen molar-refractivity contribution in [2.75, 3.05) is 25.3 Å². The maximum absolute atomic E-state index is 12.7. The Morgan fingerprint density at radius 1 is 1.00 bits per heavy atom. The van der Waals surface area contributed by atoms with Gasteiger partial charge in [-0.1, -0.05) is 35.9 Å². The van der Waals surface area contributed by atoms with Gasteiger partial charge in [0.1, 0.15) is 11.5 Å². The van der Waals surface area contributed by atoms with Crippen molar-refractivity contribution < 1.29 is 14.3 Å². The Morgan fingerprint density at radius 2 is 1.73 bits per heavy atom. The summed E-state index contributed by atoms with van der Waals surface area (Å²) in [6, 6.07) is 20.5. The molecule has 1 heterocycles. The Hall–Kier alpha value is -3.29. The van der Waals surface area contributed by atoms with Crippen LogP contribution in [0.5, 0.6) is 11.5 Å². The number of amides is 1. The third kappa shape index (κ3) is 5.74. The molecule has 0 spiro atoms. The predicted octanol–water partition coefficient (Wildman–Crippen LogP) is 6.28. The first-order chi connectivity index (χ1) is 16.1. The maximum atomic E-state index is 12.7. The molecule has 6 nitrogen and oxygen atoms in total. The number of carbonyl (C=O) groups is 1. The minimum atomic E-state index is -0.159. The summed E-state index contributed by atoms with van der Waals surface area (Å²) >= 11 is 7.44. The number of rotatable bonds is 6.